The van der Waals surface area contributed by atoms with E-state index in [1.54, 1.807) is 0 Å². The van der Waals surface area contributed by atoms with Gasteiger partial charge in [-0.2, -0.15) is 0 Å². The van der Waals surface area contributed by atoms with Crippen molar-refractivity contribution >= 4 is 16.9 Å². The molecule has 3 aromatic rings. The second-order valence-electron chi connectivity index (χ2n) is 6.88. The molecule has 1 aliphatic carbocycles. The summed E-state index contributed by atoms with van der Waals surface area (Å²) < 4.78 is 6.06. The smallest absolute Gasteiger partial charge is 0.352 e. The molecule has 26 heavy (non-hydrogen) atoms. The average molecular weight is 349 g/mol. The molecule has 0 unspecified atom stereocenters. The third kappa shape index (κ3) is 3.19. The fraction of sp³-hybridized carbons (Fsp3) is 0.318. The Morgan fingerprint density at radius 3 is 2.81 bits per heavy atom. The van der Waals surface area contributed by atoms with Crippen molar-refractivity contribution in [3.05, 3.63) is 64.8 Å². The van der Waals surface area contributed by atoms with E-state index in [1.807, 2.05) is 24.3 Å². The lowest BCUT2D eigenvalue weighted by molar-refractivity contribution is 0.0690. The minimum Gasteiger partial charge on any atom is -0.493 e. The Balaban J connectivity index is 1.45. The van der Waals surface area contributed by atoms with Crippen LogP contribution in [0.1, 0.15) is 46.4 Å². The zero-order chi connectivity index (χ0) is 17.9. The van der Waals surface area contributed by atoms with Crippen LogP contribution in [-0.2, 0) is 19.3 Å². The zero-order valence-corrected chi connectivity index (χ0v) is 14.8. The fourth-order valence-electron chi connectivity index (χ4n) is 3.95. The maximum absolute atomic E-state index is 11.5. The fourth-order valence-corrected chi connectivity index (χ4v) is 3.95. The van der Waals surface area contributed by atoms with Crippen LogP contribution in [0.4, 0.5) is 0 Å². The van der Waals surface area contributed by atoms with Gasteiger partial charge in [-0.25, -0.2) is 4.79 Å². The number of aryl methyl sites for hydroxylation is 2. The Hall–Kier alpha value is -2.75. The molecule has 0 amide bonds. The van der Waals surface area contributed by atoms with Crippen molar-refractivity contribution in [2.45, 2.75) is 38.5 Å². The molecule has 0 saturated carbocycles. The molecule has 1 aliphatic rings. The first-order chi connectivity index (χ1) is 12.7. The van der Waals surface area contributed by atoms with E-state index in [0.717, 1.165) is 41.5 Å². The Morgan fingerprint density at radius 1 is 1.08 bits per heavy atom. The molecule has 0 spiro atoms. The van der Waals surface area contributed by atoms with Gasteiger partial charge in [0.1, 0.15) is 11.4 Å². The van der Waals surface area contributed by atoms with Crippen LogP contribution >= 0.6 is 0 Å². The van der Waals surface area contributed by atoms with E-state index in [9.17, 15) is 9.90 Å². The van der Waals surface area contributed by atoms with Gasteiger partial charge in [0.15, 0.2) is 0 Å². The molecule has 0 saturated heterocycles. The number of hydrogen-bond acceptors (Lipinski definition) is 2. The summed E-state index contributed by atoms with van der Waals surface area (Å²) in [7, 11) is 0. The number of nitrogens with one attached hydrogen (secondary N) is 1. The van der Waals surface area contributed by atoms with Gasteiger partial charge in [-0.1, -0.05) is 30.3 Å². The Morgan fingerprint density at radius 2 is 1.92 bits per heavy atom. The van der Waals surface area contributed by atoms with Crippen LogP contribution in [0.15, 0.2) is 42.5 Å². The van der Waals surface area contributed by atoms with Gasteiger partial charge < -0.3 is 14.8 Å². The third-order valence-corrected chi connectivity index (χ3v) is 5.21. The normalized spacial score (nSPS) is 13.5. The van der Waals surface area contributed by atoms with Crippen molar-refractivity contribution in [3.63, 3.8) is 0 Å². The molecule has 0 aliphatic heterocycles. The lowest BCUT2D eigenvalue weighted by Gasteiger charge is -2.19. The highest BCUT2D eigenvalue weighted by molar-refractivity contribution is 5.97. The number of para-hydroxylation sites is 1. The highest BCUT2D eigenvalue weighted by Gasteiger charge is 2.17. The molecule has 0 fully saturated rings. The standard InChI is InChI=1S/C22H23NO3/c24-22(25)21-18(17-10-3-4-12-19(17)23-21)11-6-14-26-20-13-5-8-15-7-1-2-9-16(15)20/h3-5,8,10,12-13,23H,1-2,6-7,9,11,14H2,(H,24,25). The molecule has 4 rings (SSSR count). The third-order valence-electron chi connectivity index (χ3n) is 5.21. The van der Waals surface area contributed by atoms with Crippen molar-refractivity contribution < 1.29 is 14.6 Å². The van der Waals surface area contributed by atoms with E-state index < -0.39 is 5.97 Å². The largest absolute Gasteiger partial charge is 0.493 e. The summed E-state index contributed by atoms with van der Waals surface area (Å²) >= 11 is 0. The number of ether oxygens (including phenoxy) is 1. The SMILES string of the molecule is O=C(O)c1[nH]c2ccccc2c1CCCOc1cccc2c1CCCC2. The van der Waals surface area contributed by atoms with Crippen LogP contribution < -0.4 is 4.74 Å². The van der Waals surface area contributed by atoms with Gasteiger partial charge in [-0.15, -0.1) is 0 Å². The molecular formula is C22H23NO3. The van der Waals surface area contributed by atoms with Crippen molar-refractivity contribution in [1.29, 1.82) is 0 Å². The lowest BCUT2D eigenvalue weighted by atomic mass is 9.91. The van der Waals surface area contributed by atoms with Gasteiger partial charge in [0, 0.05) is 10.9 Å². The number of benzene rings is 2. The Kier molecular flexibility index (Phi) is 4.65. The molecule has 4 heteroatoms. The summed E-state index contributed by atoms with van der Waals surface area (Å²) in [5, 5.41) is 10.5. The van der Waals surface area contributed by atoms with E-state index in [1.165, 1.54) is 24.0 Å². The van der Waals surface area contributed by atoms with Gasteiger partial charge in [0.2, 0.25) is 0 Å². The van der Waals surface area contributed by atoms with Gasteiger partial charge in [0.05, 0.1) is 6.61 Å². The molecule has 0 atom stereocenters. The minimum absolute atomic E-state index is 0.295. The molecular weight excluding hydrogens is 326 g/mol. The predicted octanol–water partition coefficient (Wildman–Crippen LogP) is 4.76. The van der Waals surface area contributed by atoms with Crippen LogP contribution in [0.25, 0.3) is 10.9 Å². The van der Waals surface area contributed by atoms with Gasteiger partial charge >= 0.3 is 5.97 Å². The lowest BCUT2D eigenvalue weighted by Crippen LogP contribution is -2.08. The molecule has 0 bridgehead atoms. The van der Waals surface area contributed by atoms with Crippen molar-refractivity contribution in [2.24, 2.45) is 0 Å². The summed E-state index contributed by atoms with van der Waals surface area (Å²) in [6.45, 7) is 0.592. The van der Waals surface area contributed by atoms with Crippen LogP contribution in [0.2, 0.25) is 0 Å². The average Bonchev–Trinajstić information content (AvgIpc) is 3.04. The molecule has 2 N–H and O–H groups in total. The summed E-state index contributed by atoms with van der Waals surface area (Å²) in [6.07, 6.45) is 6.19. The molecule has 1 aromatic heterocycles. The molecule has 2 aromatic carbocycles. The van der Waals surface area contributed by atoms with E-state index in [4.69, 9.17) is 4.74 Å². The predicted molar refractivity (Wildman–Crippen MR) is 102 cm³/mol. The number of aromatic amines is 1. The van der Waals surface area contributed by atoms with Crippen molar-refractivity contribution in [2.75, 3.05) is 6.61 Å². The van der Waals surface area contributed by atoms with Crippen molar-refractivity contribution in [3.8, 4) is 5.75 Å². The monoisotopic (exact) mass is 349 g/mol. The molecule has 0 radical (unpaired) electrons. The number of fused-ring (bicyclic) bond motifs is 2. The number of carboxylic acid groups (broad SMARTS) is 1. The van der Waals surface area contributed by atoms with E-state index >= 15 is 0 Å². The number of hydrogen-bond donors (Lipinski definition) is 2. The van der Waals surface area contributed by atoms with E-state index in [2.05, 4.69) is 23.2 Å². The van der Waals surface area contributed by atoms with E-state index in [-0.39, 0.29) is 0 Å². The summed E-state index contributed by atoms with van der Waals surface area (Å²) in [5.74, 6) is 0.0915. The topological polar surface area (TPSA) is 62.3 Å². The first kappa shape index (κ1) is 16.7. The molecule has 134 valence electrons. The summed E-state index contributed by atoms with van der Waals surface area (Å²) in [4.78, 5) is 14.6. The maximum atomic E-state index is 11.5. The second kappa shape index (κ2) is 7.24. The van der Waals surface area contributed by atoms with Gasteiger partial charge in [-0.3, -0.25) is 0 Å². The molecule has 1 heterocycles. The van der Waals surface area contributed by atoms with Crippen molar-refractivity contribution in [1.82, 2.24) is 4.98 Å². The number of aromatic nitrogens is 1. The van der Waals surface area contributed by atoms with Crippen LogP contribution in [0.3, 0.4) is 0 Å². The summed E-state index contributed by atoms with van der Waals surface area (Å²) in [5.41, 5.74) is 4.81. The van der Waals surface area contributed by atoms with Gasteiger partial charge in [0.25, 0.3) is 0 Å². The maximum Gasteiger partial charge on any atom is 0.352 e. The highest BCUT2D eigenvalue weighted by atomic mass is 16.5. The summed E-state index contributed by atoms with van der Waals surface area (Å²) in [6, 6.07) is 14.1. The van der Waals surface area contributed by atoms with E-state index in [0.29, 0.717) is 18.7 Å². The number of rotatable bonds is 6. The van der Waals surface area contributed by atoms with Crippen LogP contribution in [0, 0.1) is 0 Å². The number of aromatic carboxylic acids is 1. The van der Waals surface area contributed by atoms with Crippen LogP contribution in [-0.4, -0.2) is 22.7 Å². The zero-order valence-electron chi connectivity index (χ0n) is 14.8. The Bertz CT molecular complexity index is 942. The first-order valence-electron chi connectivity index (χ1n) is 9.30. The van der Waals surface area contributed by atoms with Gasteiger partial charge in [-0.05, 0) is 67.3 Å². The minimum atomic E-state index is -0.908. The van der Waals surface area contributed by atoms with Crippen LogP contribution in [0.5, 0.6) is 5.75 Å². The highest BCUT2D eigenvalue weighted by Crippen LogP contribution is 2.30. The molecule has 4 nitrogen and oxygen atoms in total. The number of H-pyrrole nitrogens is 1. The number of carboxylic acids is 1. The Labute approximate surface area is 152 Å². The first-order valence-corrected chi connectivity index (χ1v) is 9.30. The second-order valence-corrected chi connectivity index (χ2v) is 6.88. The number of carbonyl (C=O) groups is 1. The quantitative estimate of drug-likeness (QED) is 0.631.